The first kappa shape index (κ1) is 19.2. The Kier molecular flexibility index (Phi) is 8.75. The van der Waals surface area contributed by atoms with Crippen LogP contribution < -0.4 is 15.4 Å². The van der Waals surface area contributed by atoms with Crippen LogP contribution >= 0.6 is 0 Å². The van der Waals surface area contributed by atoms with Crippen molar-refractivity contribution >= 4 is 5.95 Å². The van der Waals surface area contributed by atoms with Gasteiger partial charge in [0.25, 0.3) is 0 Å². The van der Waals surface area contributed by atoms with Crippen LogP contribution in [0.5, 0.6) is 5.75 Å². The van der Waals surface area contributed by atoms with E-state index in [-0.39, 0.29) is 0 Å². The minimum Gasteiger partial charge on any atom is -0.494 e. The number of hydrogen-bond donors (Lipinski definition) is 2. The predicted molar refractivity (Wildman–Crippen MR) is 99.7 cm³/mol. The van der Waals surface area contributed by atoms with Crippen molar-refractivity contribution < 1.29 is 4.74 Å². The smallest absolute Gasteiger partial charge is 0.242 e. The summed E-state index contributed by atoms with van der Waals surface area (Å²) in [6.07, 6.45) is 6.05. The second-order valence-corrected chi connectivity index (χ2v) is 6.14. The molecule has 138 valence electrons. The van der Waals surface area contributed by atoms with Crippen molar-refractivity contribution in [3.63, 3.8) is 0 Å². The van der Waals surface area contributed by atoms with Crippen LogP contribution in [0.25, 0.3) is 0 Å². The van der Waals surface area contributed by atoms with Crippen molar-refractivity contribution in [2.24, 2.45) is 7.05 Å². The minimum atomic E-state index is 0.659. The van der Waals surface area contributed by atoms with Crippen LogP contribution in [0, 0.1) is 0 Å². The van der Waals surface area contributed by atoms with Gasteiger partial charge in [0.2, 0.25) is 5.95 Å². The van der Waals surface area contributed by atoms with E-state index < -0.39 is 0 Å². The summed E-state index contributed by atoms with van der Waals surface area (Å²) in [4.78, 5) is 0. The zero-order valence-electron chi connectivity index (χ0n) is 15.4. The molecule has 2 aromatic rings. The Morgan fingerprint density at radius 1 is 1.12 bits per heavy atom. The summed E-state index contributed by atoms with van der Waals surface area (Å²) in [7, 11) is 1.81. The summed E-state index contributed by atoms with van der Waals surface area (Å²) >= 11 is 0. The molecule has 0 aliphatic carbocycles. The molecule has 2 rings (SSSR count). The summed E-state index contributed by atoms with van der Waals surface area (Å²) in [5.41, 5.74) is 1.26. The number of ether oxygens (including phenoxy) is 1. The maximum atomic E-state index is 5.83. The number of aryl methyl sites for hydroxylation is 1. The first-order valence-corrected chi connectivity index (χ1v) is 9.18. The molecular formula is C18H30N6O. The molecular weight excluding hydrogens is 316 g/mol. The maximum absolute atomic E-state index is 5.83. The molecule has 2 N–H and O–H groups in total. The number of nitrogens with one attached hydrogen (secondary N) is 2. The van der Waals surface area contributed by atoms with E-state index in [4.69, 9.17) is 4.74 Å². The monoisotopic (exact) mass is 346 g/mol. The molecule has 1 aromatic carbocycles. The van der Waals surface area contributed by atoms with E-state index in [1.165, 1.54) is 31.2 Å². The molecule has 7 heteroatoms. The van der Waals surface area contributed by atoms with Crippen LogP contribution in [0.15, 0.2) is 24.3 Å². The fourth-order valence-electron chi connectivity index (χ4n) is 2.50. The molecule has 0 bridgehead atoms. The summed E-state index contributed by atoms with van der Waals surface area (Å²) in [5, 5.41) is 17.9. The Hall–Kier alpha value is -2.15. The normalized spacial score (nSPS) is 10.8. The van der Waals surface area contributed by atoms with Gasteiger partial charge in [-0.3, -0.25) is 0 Å². The molecule has 0 fully saturated rings. The minimum absolute atomic E-state index is 0.659. The van der Waals surface area contributed by atoms with Gasteiger partial charge in [-0.2, -0.15) is 0 Å². The lowest BCUT2D eigenvalue weighted by Gasteiger charge is -2.09. The van der Waals surface area contributed by atoms with Crippen LogP contribution in [-0.2, 0) is 13.6 Å². The summed E-state index contributed by atoms with van der Waals surface area (Å²) < 4.78 is 7.44. The van der Waals surface area contributed by atoms with Gasteiger partial charge < -0.3 is 15.4 Å². The number of nitrogens with zero attached hydrogens (tertiary/aromatic N) is 4. The molecule has 0 unspecified atom stereocenters. The van der Waals surface area contributed by atoms with Crippen molar-refractivity contribution in [2.45, 2.75) is 45.6 Å². The van der Waals surface area contributed by atoms with Crippen molar-refractivity contribution in [3.05, 3.63) is 29.8 Å². The quantitative estimate of drug-likeness (QED) is 0.543. The number of rotatable bonds is 13. The van der Waals surface area contributed by atoms with E-state index in [0.717, 1.165) is 31.8 Å². The van der Waals surface area contributed by atoms with Crippen LogP contribution in [0.3, 0.4) is 0 Å². The molecule has 0 amide bonds. The summed E-state index contributed by atoms with van der Waals surface area (Å²) in [6, 6.07) is 8.30. The fraction of sp³-hybridized carbons (Fsp3) is 0.611. The Balaban J connectivity index is 1.59. The van der Waals surface area contributed by atoms with E-state index in [9.17, 15) is 0 Å². The largest absolute Gasteiger partial charge is 0.494 e. The SMILES string of the molecule is CCCCCCNCc1cccc(OCCCNc2nnnn2C)c1. The van der Waals surface area contributed by atoms with E-state index in [1.807, 2.05) is 19.2 Å². The van der Waals surface area contributed by atoms with E-state index in [0.29, 0.717) is 12.6 Å². The van der Waals surface area contributed by atoms with Gasteiger partial charge in [0.1, 0.15) is 5.75 Å². The van der Waals surface area contributed by atoms with Crippen LogP contribution in [-0.4, -0.2) is 39.9 Å². The average molecular weight is 346 g/mol. The zero-order chi connectivity index (χ0) is 17.7. The van der Waals surface area contributed by atoms with Gasteiger partial charge in [-0.05, 0) is 47.5 Å². The first-order chi connectivity index (χ1) is 12.3. The fourth-order valence-corrected chi connectivity index (χ4v) is 2.50. The molecule has 0 aliphatic heterocycles. The number of tetrazole rings is 1. The summed E-state index contributed by atoms with van der Waals surface area (Å²) in [6.45, 7) is 5.64. The molecule has 0 saturated carbocycles. The molecule has 0 atom stereocenters. The first-order valence-electron chi connectivity index (χ1n) is 9.18. The van der Waals surface area contributed by atoms with Crippen molar-refractivity contribution in [1.82, 2.24) is 25.5 Å². The van der Waals surface area contributed by atoms with Gasteiger partial charge in [0.05, 0.1) is 6.61 Å². The van der Waals surface area contributed by atoms with Gasteiger partial charge in [-0.15, -0.1) is 0 Å². The Labute approximate surface area is 150 Å². The predicted octanol–water partition coefficient (Wildman–Crippen LogP) is 2.76. The lowest BCUT2D eigenvalue weighted by atomic mass is 10.2. The van der Waals surface area contributed by atoms with Crippen molar-refractivity contribution in [2.75, 3.05) is 25.0 Å². The van der Waals surface area contributed by atoms with Crippen LogP contribution in [0.1, 0.15) is 44.6 Å². The van der Waals surface area contributed by atoms with Crippen LogP contribution in [0.4, 0.5) is 5.95 Å². The highest BCUT2D eigenvalue weighted by atomic mass is 16.5. The topological polar surface area (TPSA) is 76.9 Å². The van der Waals surface area contributed by atoms with Gasteiger partial charge in [-0.1, -0.05) is 43.4 Å². The summed E-state index contributed by atoms with van der Waals surface area (Å²) in [5.74, 6) is 1.60. The lowest BCUT2D eigenvalue weighted by Crippen LogP contribution is -2.14. The zero-order valence-corrected chi connectivity index (χ0v) is 15.4. The highest BCUT2D eigenvalue weighted by Crippen LogP contribution is 2.13. The third-order valence-electron chi connectivity index (χ3n) is 3.93. The van der Waals surface area contributed by atoms with Crippen molar-refractivity contribution in [3.8, 4) is 5.75 Å². The standard InChI is InChI=1S/C18H30N6O/c1-3-4-5-6-11-19-15-16-9-7-10-17(14-16)25-13-8-12-20-18-21-22-23-24(18)2/h7,9-10,14,19H,3-6,8,11-13,15H2,1-2H3,(H,20,21,23). The highest BCUT2D eigenvalue weighted by molar-refractivity contribution is 5.28. The molecule has 0 saturated heterocycles. The molecule has 0 radical (unpaired) electrons. The van der Waals surface area contributed by atoms with E-state index >= 15 is 0 Å². The second-order valence-electron chi connectivity index (χ2n) is 6.14. The highest BCUT2D eigenvalue weighted by Gasteiger charge is 2.01. The molecule has 7 nitrogen and oxygen atoms in total. The van der Waals surface area contributed by atoms with Gasteiger partial charge >= 0.3 is 0 Å². The average Bonchev–Trinajstić information content (AvgIpc) is 3.03. The number of anilines is 1. The Morgan fingerprint density at radius 3 is 2.84 bits per heavy atom. The lowest BCUT2D eigenvalue weighted by molar-refractivity contribution is 0.314. The third-order valence-corrected chi connectivity index (χ3v) is 3.93. The Bertz CT molecular complexity index is 601. The Morgan fingerprint density at radius 2 is 2.04 bits per heavy atom. The van der Waals surface area contributed by atoms with Gasteiger partial charge in [0.15, 0.2) is 0 Å². The number of hydrogen-bond acceptors (Lipinski definition) is 6. The number of aromatic nitrogens is 4. The van der Waals surface area contributed by atoms with Gasteiger partial charge in [0, 0.05) is 20.1 Å². The number of unbranched alkanes of at least 4 members (excludes halogenated alkanes) is 3. The number of benzene rings is 1. The maximum Gasteiger partial charge on any atom is 0.242 e. The van der Waals surface area contributed by atoms with E-state index in [1.54, 1.807) is 4.68 Å². The van der Waals surface area contributed by atoms with Crippen LogP contribution in [0.2, 0.25) is 0 Å². The molecule has 0 aliphatic rings. The van der Waals surface area contributed by atoms with E-state index in [2.05, 4.69) is 45.2 Å². The second kappa shape index (κ2) is 11.4. The molecule has 25 heavy (non-hydrogen) atoms. The van der Waals surface area contributed by atoms with Gasteiger partial charge in [-0.25, -0.2) is 4.68 Å². The van der Waals surface area contributed by atoms with Crippen molar-refractivity contribution in [1.29, 1.82) is 0 Å². The molecule has 0 spiro atoms. The molecule has 1 aromatic heterocycles. The molecule has 1 heterocycles. The third kappa shape index (κ3) is 7.51.